The number of nitrogens with one attached hydrogen (secondary N) is 1. The minimum absolute atomic E-state index is 0.359. The minimum atomic E-state index is -0.798. The zero-order valence-electron chi connectivity index (χ0n) is 17.5. The standard InChI is InChI=1S/C23H29N3O4/c1-3-25-13-15-26(16-14-25)20-11-9-19(10-12-20)24-22(27)17-29-23(28)18(2)30-21-7-5-4-6-8-21/h4-12,18H,3,13-17H2,1-2H3,(H,24,27). The number of para-hydroxylation sites is 1. The van der Waals surface area contributed by atoms with Gasteiger partial charge in [0, 0.05) is 37.6 Å². The van der Waals surface area contributed by atoms with Gasteiger partial charge in [-0.15, -0.1) is 0 Å². The number of hydrogen-bond acceptors (Lipinski definition) is 6. The molecule has 7 nitrogen and oxygen atoms in total. The molecule has 0 spiro atoms. The molecular formula is C23H29N3O4. The van der Waals surface area contributed by atoms with Crippen LogP contribution in [0.2, 0.25) is 0 Å². The molecule has 160 valence electrons. The monoisotopic (exact) mass is 411 g/mol. The fourth-order valence-electron chi connectivity index (χ4n) is 3.28. The summed E-state index contributed by atoms with van der Waals surface area (Å²) >= 11 is 0. The van der Waals surface area contributed by atoms with E-state index < -0.39 is 12.1 Å². The summed E-state index contributed by atoms with van der Waals surface area (Å²) in [5, 5.41) is 2.75. The van der Waals surface area contributed by atoms with Crippen molar-refractivity contribution in [1.29, 1.82) is 0 Å². The summed E-state index contributed by atoms with van der Waals surface area (Å²) in [6.07, 6.45) is -0.798. The molecule has 30 heavy (non-hydrogen) atoms. The van der Waals surface area contributed by atoms with Crippen LogP contribution in [0, 0.1) is 0 Å². The number of amides is 1. The lowest BCUT2D eigenvalue weighted by atomic mass is 10.2. The van der Waals surface area contributed by atoms with E-state index in [-0.39, 0.29) is 12.5 Å². The molecule has 1 fully saturated rings. The van der Waals surface area contributed by atoms with E-state index >= 15 is 0 Å². The molecule has 0 radical (unpaired) electrons. The van der Waals surface area contributed by atoms with Gasteiger partial charge in [0.25, 0.3) is 5.91 Å². The number of hydrogen-bond donors (Lipinski definition) is 1. The molecule has 1 unspecified atom stereocenters. The third kappa shape index (κ3) is 6.22. The van der Waals surface area contributed by atoms with Crippen molar-refractivity contribution >= 4 is 23.3 Å². The number of rotatable bonds is 8. The molecule has 0 aromatic heterocycles. The third-order valence-electron chi connectivity index (χ3n) is 5.07. The molecule has 2 aromatic rings. The summed E-state index contributed by atoms with van der Waals surface area (Å²) < 4.78 is 10.6. The number of ether oxygens (including phenoxy) is 2. The number of nitrogens with zero attached hydrogens (tertiary/aromatic N) is 2. The zero-order valence-corrected chi connectivity index (χ0v) is 17.5. The number of likely N-dealkylation sites (N-methyl/N-ethyl adjacent to an activating group) is 1. The van der Waals surface area contributed by atoms with Crippen molar-refractivity contribution in [2.75, 3.05) is 49.5 Å². The van der Waals surface area contributed by atoms with Crippen molar-refractivity contribution in [3.63, 3.8) is 0 Å². The first-order valence-corrected chi connectivity index (χ1v) is 10.3. The number of carbonyl (C=O) groups excluding carboxylic acids is 2. The van der Waals surface area contributed by atoms with E-state index in [1.807, 2.05) is 42.5 Å². The smallest absolute Gasteiger partial charge is 0.347 e. The summed E-state index contributed by atoms with van der Waals surface area (Å²) in [5.74, 6) is -0.405. The lowest BCUT2D eigenvalue weighted by Crippen LogP contribution is -2.46. The Morgan fingerprint density at radius 2 is 1.67 bits per heavy atom. The lowest BCUT2D eigenvalue weighted by molar-refractivity contribution is -0.153. The fraction of sp³-hybridized carbons (Fsp3) is 0.391. The number of carbonyl (C=O) groups is 2. The van der Waals surface area contributed by atoms with E-state index in [2.05, 4.69) is 22.0 Å². The Labute approximate surface area is 177 Å². The van der Waals surface area contributed by atoms with Crippen molar-refractivity contribution in [3.05, 3.63) is 54.6 Å². The van der Waals surface area contributed by atoms with Crippen LogP contribution in [0.1, 0.15) is 13.8 Å². The molecule has 0 saturated carbocycles. The molecule has 2 aromatic carbocycles. The Morgan fingerprint density at radius 3 is 2.30 bits per heavy atom. The highest BCUT2D eigenvalue weighted by Gasteiger charge is 2.18. The quantitative estimate of drug-likeness (QED) is 0.674. The second-order valence-corrected chi connectivity index (χ2v) is 7.20. The Morgan fingerprint density at radius 1 is 1.00 bits per heavy atom. The van der Waals surface area contributed by atoms with Crippen LogP contribution in [0.3, 0.4) is 0 Å². The second kappa shape index (κ2) is 10.6. The summed E-state index contributed by atoms with van der Waals surface area (Å²) in [5.41, 5.74) is 1.81. The van der Waals surface area contributed by atoms with Gasteiger partial charge in [-0.2, -0.15) is 0 Å². The Kier molecular flexibility index (Phi) is 7.68. The van der Waals surface area contributed by atoms with E-state index in [4.69, 9.17) is 9.47 Å². The second-order valence-electron chi connectivity index (χ2n) is 7.20. The van der Waals surface area contributed by atoms with Crippen LogP contribution in [-0.4, -0.2) is 62.2 Å². The molecule has 3 rings (SSSR count). The number of benzene rings is 2. The Bertz CT molecular complexity index is 818. The average molecular weight is 412 g/mol. The molecule has 0 bridgehead atoms. The van der Waals surface area contributed by atoms with Gasteiger partial charge in [-0.05, 0) is 49.9 Å². The van der Waals surface area contributed by atoms with Gasteiger partial charge in [-0.3, -0.25) is 4.79 Å². The number of esters is 1. The summed E-state index contributed by atoms with van der Waals surface area (Å²) in [7, 11) is 0. The molecule has 1 aliphatic rings. The first-order chi connectivity index (χ1) is 14.5. The third-order valence-corrected chi connectivity index (χ3v) is 5.07. The minimum Gasteiger partial charge on any atom is -0.479 e. The first-order valence-electron chi connectivity index (χ1n) is 10.3. The van der Waals surface area contributed by atoms with Crippen LogP contribution < -0.4 is 15.0 Å². The highest BCUT2D eigenvalue weighted by Crippen LogP contribution is 2.19. The van der Waals surface area contributed by atoms with Crippen LogP contribution in [0.5, 0.6) is 5.75 Å². The maximum Gasteiger partial charge on any atom is 0.347 e. The molecular weight excluding hydrogens is 382 g/mol. The highest BCUT2D eigenvalue weighted by atomic mass is 16.6. The van der Waals surface area contributed by atoms with Crippen LogP contribution in [0.15, 0.2) is 54.6 Å². The molecule has 0 aliphatic carbocycles. The van der Waals surface area contributed by atoms with E-state index in [9.17, 15) is 9.59 Å². The van der Waals surface area contributed by atoms with Gasteiger partial charge in [-0.25, -0.2) is 4.79 Å². The maximum absolute atomic E-state index is 12.1. The van der Waals surface area contributed by atoms with E-state index in [0.717, 1.165) is 38.4 Å². The van der Waals surface area contributed by atoms with Gasteiger partial charge in [0.05, 0.1) is 0 Å². The summed E-state index contributed by atoms with van der Waals surface area (Å²) in [6, 6.07) is 16.7. The molecule has 1 N–H and O–H groups in total. The molecule has 1 atom stereocenters. The largest absolute Gasteiger partial charge is 0.479 e. The van der Waals surface area contributed by atoms with E-state index in [0.29, 0.717) is 11.4 Å². The van der Waals surface area contributed by atoms with Crippen LogP contribution in [0.4, 0.5) is 11.4 Å². The average Bonchev–Trinajstić information content (AvgIpc) is 2.78. The predicted octanol–water partition coefficient (Wildman–Crippen LogP) is 2.78. The molecule has 1 aliphatic heterocycles. The maximum atomic E-state index is 12.1. The van der Waals surface area contributed by atoms with Crippen LogP contribution >= 0.6 is 0 Å². The molecule has 1 saturated heterocycles. The predicted molar refractivity (Wildman–Crippen MR) is 117 cm³/mol. The summed E-state index contributed by atoms with van der Waals surface area (Å²) in [4.78, 5) is 28.9. The van der Waals surface area contributed by atoms with Gasteiger partial charge >= 0.3 is 5.97 Å². The van der Waals surface area contributed by atoms with Gasteiger partial charge in [0.15, 0.2) is 12.7 Å². The Balaban J connectivity index is 1.42. The number of piperazine rings is 1. The van der Waals surface area contributed by atoms with Crippen molar-refractivity contribution in [1.82, 2.24) is 4.90 Å². The fourth-order valence-corrected chi connectivity index (χ4v) is 3.28. The van der Waals surface area contributed by atoms with Gasteiger partial charge < -0.3 is 24.6 Å². The molecule has 1 amide bonds. The zero-order chi connectivity index (χ0) is 21.3. The normalized spacial score (nSPS) is 15.3. The SMILES string of the molecule is CCN1CCN(c2ccc(NC(=O)COC(=O)C(C)Oc3ccccc3)cc2)CC1. The van der Waals surface area contributed by atoms with Crippen LogP contribution in [0.25, 0.3) is 0 Å². The lowest BCUT2D eigenvalue weighted by Gasteiger charge is -2.35. The van der Waals surface area contributed by atoms with Crippen molar-refractivity contribution in [2.45, 2.75) is 20.0 Å². The van der Waals surface area contributed by atoms with Crippen molar-refractivity contribution < 1.29 is 19.1 Å². The van der Waals surface area contributed by atoms with Gasteiger partial charge in [-0.1, -0.05) is 25.1 Å². The van der Waals surface area contributed by atoms with Crippen molar-refractivity contribution in [3.8, 4) is 5.75 Å². The van der Waals surface area contributed by atoms with Crippen LogP contribution in [-0.2, 0) is 14.3 Å². The first kappa shape index (κ1) is 21.6. The molecule has 7 heteroatoms. The topological polar surface area (TPSA) is 71.1 Å². The van der Waals surface area contributed by atoms with Gasteiger partial charge in [0.2, 0.25) is 0 Å². The van der Waals surface area contributed by atoms with Gasteiger partial charge in [0.1, 0.15) is 5.75 Å². The van der Waals surface area contributed by atoms with E-state index in [1.54, 1.807) is 19.1 Å². The van der Waals surface area contributed by atoms with E-state index in [1.165, 1.54) is 0 Å². The Hall–Kier alpha value is -3.06. The molecule has 1 heterocycles. The summed E-state index contributed by atoms with van der Waals surface area (Å²) in [6.45, 7) is 8.62. The van der Waals surface area contributed by atoms with Crippen molar-refractivity contribution in [2.24, 2.45) is 0 Å². The highest BCUT2D eigenvalue weighted by molar-refractivity contribution is 5.93. The number of anilines is 2.